The SMILES string of the molecule is Cc1ccc(CNC(=S)NN)s1. The highest BCUT2D eigenvalue weighted by Gasteiger charge is 1.96. The number of nitrogens with two attached hydrogens (primary N) is 1. The number of rotatable bonds is 2. The van der Waals surface area contributed by atoms with Crippen LogP contribution in [0.15, 0.2) is 12.1 Å². The topological polar surface area (TPSA) is 50.1 Å². The lowest BCUT2D eigenvalue weighted by atomic mass is 10.4. The molecule has 0 saturated heterocycles. The minimum Gasteiger partial charge on any atom is -0.357 e. The Hall–Kier alpha value is -0.650. The molecular formula is C7H11N3S2. The Morgan fingerprint density at radius 2 is 2.42 bits per heavy atom. The highest BCUT2D eigenvalue weighted by molar-refractivity contribution is 7.80. The Bertz CT molecular complexity index is 269. The lowest BCUT2D eigenvalue weighted by Gasteiger charge is -2.03. The summed E-state index contributed by atoms with van der Waals surface area (Å²) >= 11 is 6.57. The standard InChI is InChI=1S/C7H11N3S2/c1-5-2-3-6(12-5)4-9-7(11)10-8/h2-3H,4,8H2,1H3,(H2,9,10,11). The summed E-state index contributed by atoms with van der Waals surface area (Å²) in [6.45, 7) is 2.81. The van der Waals surface area contributed by atoms with E-state index in [1.165, 1.54) is 9.75 Å². The second-order valence-corrected chi connectivity index (χ2v) is 4.12. The molecule has 0 aliphatic rings. The van der Waals surface area contributed by atoms with Gasteiger partial charge in [0.25, 0.3) is 0 Å². The molecule has 0 bridgehead atoms. The maximum absolute atomic E-state index is 5.09. The second-order valence-electron chi connectivity index (χ2n) is 2.34. The number of hydrogen-bond acceptors (Lipinski definition) is 3. The average Bonchev–Trinajstić information content (AvgIpc) is 2.47. The summed E-state index contributed by atoms with van der Waals surface area (Å²) in [5, 5.41) is 3.44. The minimum atomic E-state index is 0.473. The summed E-state index contributed by atoms with van der Waals surface area (Å²) in [5.41, 5.74) is 2.37. The number of hydrogen-bond donors (Lipinski definition) is 3. The molecule has 1 rings (SSSR count). The third-order valence-electron chi connectivity index (χ3n) is 1.35. The van der Waals surface area contributed by atoms with E-state index in [9.17, 15) is 0 Å². The first-order valence-corrected chi connectivity index (χ1v) is 4.74. The molecule has 3 nitrogen and oxygen atoms in total. The molecule has 0 atom stereocenters. The first-order valence-electron chi connectivity index (χ1n) is 3.52. The predicted octanol–water partition coefficient (Wildman–Crippen LogP) is 0.894. The molecule has 1 heterocycles. The highest BCUT2D eigenvalue weighted by atomic mass is 32.1. The molecule has 0 saturated carbocycles. The van der Waals surface area contributed by atoms with Crippen LogP contribution >= 0.6 is 23.6 Å². The summed E-state index contributed by atoms with van der Waals surface area (Å²) in [4.78, 5) is 2.56. The van der Waals surface area contributed by atoms with E-state index in [2.05, 4.69) is 29.8 Å². The number of hydrazine groups is 1. The average molecular weight is 201 g/mol. The van der Waals surface area contributed by atoms with E-state index in [1.54, 1.807) is 11.3 Å². The number of thiocarbonyl (C=S) groups is 1. The van der Waals surface area contributed by atoms with Crippen molar-refractivity contribution in [2.24, 2.45) is 5.84 Å². The Kier molecular flexibility index (Phi) is 3.46. The Morgan fingerprint density at radius 3 is 2.92 bits per heavy atom. The van der Waals surface area contributed by atoms with Gasteiger partial charge in [0.05, 0.1) is 6.54 Å². The molecule has 0 aliphatic carbocycles. The maximum Gasteiger partial charge on any atom is 0.180 e. The molecule has 66 valence electrons. The summed E-state index contributed by atoms with van der Waals surface area (Å²) in [6.07, 6.45) is 0. The fourth-order valence-electron chi connectivity index (χ4n) is 0.799. The van der Waals surface area contributed by atoms with Crippen LogP contribution in [0.2, 0.25) is 0 Å². The summed E-state index contributed by atoms with van der Waals surface area (Å²) in [6, 6.07) is 4.16. The first-order chi connectivity index (χ1) is 5.72. The summed E-state index contributed by atoms with van der Waals surface area (Å²) < 4.78 is 0. The molecular weight excluding hydrogens is 190 g/mol. The fraction of sp³-hybridized carbons (Fsp3) is 0.286. The van der Waals surface area contributed by atoms with Gasteiger partial charge in [-0.3, -0.25) is 0 Å². The molecule has 5 heteroatoms. The van der Waals surface area contributed by atoms with Crippen LogP contribution in [0.5, 0.6) is 0 Å². The van der Waals surface area contributed by atoms with Crippen LogP contribution in [-0.2, 0) is 6.54 Å². The van der Waals surface area contributed by atoms with Gasteiger partial charge in [-0.05, 0) is 31.3 Å². The van der Waals surface area contributed by atoms with Crippen LogP contribution in [0.4, 0.5) is 0 Å². The van der Waals surface area contributed by atoms with Gasteiger partial charge in [-0.2, -0.15) is 0 Å². The van der Waals surface area contributed by atoms with Gasteiger partial charge in [0.2, 0.25) is 0 Å². The molecule has 0 amide bonds. The predicted molar refractivity (Wildman–Crippen MR) is 55.8 cm³/mol. The van der Waals surface area contributed by atoms with E-state index in [-0.39, 0.29) is 0 Å². The number of aryl methyl sites for hydroxylation is 1. The van der Waals surface area contributed by atoms with Gasteiger partial charge < -0.3 is 10.7 Å². The molecule has 0 aromatic carbocycles. The first kappa shape index (κ1) is 9.44. The van der Waals surface area contributed by atoms with Crippen molar-refractivity contribution >= 4 is 28.7 Å². The Balaban J connectivity index is 2.38. The molecule has 1 aromatic heterocycles. The molecule has 0 radical (unpaired) electrons. The largest absolute Gasteiger partial charge is 0.357 e. The van der Waals surface area contributed by atoms with Crippen LogP contribution in [0, 0.1) is 6.92 Å². The summed E-state index contributed by atoms with van der Waals surface area (Å²) in [7, 11) is 0. The van der Waals surface area contributed by atoms with Crippen LogP contribution in [0.3, 0.4) is 0 Å². The Morgan fingerprint density at radius 1 is 1.67 bits per heavy atom. The van der Waals surface area contributed by atoms with Gasteiger partial charge in [0, 0.05) is 9.75 Å². The van der Waals surface area contributed by atoms with Crippen molar-refractivity contribution in [2.45, 2.75) is 13.5 Å². The van der Waals surface area contributed by atoms with Crippen LogP contribution in [-0.4, -0.2) is 5.11 Å². The zero-order valence-electron chi connectivity index (χ0n) is 6.76. The van der Waals surface area contributed by atoms with Gasteiger partial charge in [-0.25, -0.2) is 5.84 Å². The minimum absolute atomic E-state index is 0.473. The van der Waals surface area contributed by atoms with E-state index >= 15 is 0 Å². The zero-order chi connectivity index (χ0) is 8.97. The van der Waals surface area contributed by atoms with Gasteiger partial charge in [0.15, 0.2) is 5.11 Å². The lowest BCUT2D eigenvalue weighted by Crippen LogP contribution is -2.39. The van der Waals surface area contributed by atoms with E-state index in [0.29, 0.717) is 5.11 Å². The fourth-order valence-corrected chi connectivity index (χ4v) is 1.70. The summed E-state index contributed by atoms with van der Waals surface area (Å²) in [5.74, 6) is 5.09. The molecule has 0 spiro atoms. The van der Waals surface area contributed by atoms with Gasteiger partial charge >= 0.3 is 0 Å². The monoisotopic (exact) mass is 201 g/mol. The number of thiophene rings is 1. The van der Waals surface area contributed by atoms with E-state index < -0.39 is 0 Å². The van der Waals surface area contributed by atoms with Crippen LogP contribution in [0.25, 0.3) is 0 Å². The van der Waals surface area contributed by atoms with Gasteiger partial charge in [-0.1, -0.05) is 0 Å². The molecule has 1 aromatic rings. The van der Waals surface area contributed by atoms with Crippen molar-refractivity contribution in [3.63, 3.8) is 0 Å². The van der Waals surface area contributed by atoms with E-state index in [1.807, 2.05) is 0 Å². The second kappa shape index (κ2) is 4.39. The van der Waals surface area contributed by atoms with Crippen molar-refractivity contribution in [1.29, 1.82) is 0 Å². The molecule has 4 N–H and O–H groups in total. The third kappa shape index (κ3) is 2.77. The lowest BCUT2D eigenvalue weighted by molar-refractivity contribution is 0.878. The smallest absolute Gasteiger partial charge is 0.180 e. The van der Waals surface area contributed by atoms with Gasteiger partial charge in [-0.15, -0.1) is 11.3 Å². The van der Waals surface area contributed by atoms with Crippen molar-refractivity contribution in [3.8, 4) is 0 Å². The maximum atomic E-state index is 5.09. The molecule has 12 heavy (non-hydrogen) atoms. The van der Waals surface area contributed by atoms with E-state index in [0.717, 1.165) is 6.54 Å². The molecule has 0 fully saturated rings. The normalized spacial score (nSPS) is 9.50. The highest BCUT2D eigenvalue weighted by Crippen LogP contribution is 2.14. The zero-order valence-corrected chi connectivity index (χ0v) is 8.39. The van der Waals surface area contributed by atoms with Crippen LogP contribution in [0.1, 0.15) is 9.75 Å². The van der Waals surface area contributed by atoms with Crippen LogP contribution < -0.4 is 16.6 Å². The van der Waals surface area contributed by atoms with E-state index in [4.69, 9.17) is 18.1 Å². The molecule has 0 aliphatic heterocycles. The van der Waals surface area contributed by atoms with Gasteiger partial charge in [0.1, 0.15) is 0 Å². The van der Waals surface area contributed by atoms with Crippen molar-refractivity contribution in [2.75, 3.05) is 0 Å². The van der Waals surface area contributed by atoms with Crippen molar-refractivity contribution < 1.29 is 0 Å². The third-order valence-corrected chi connectivity index (χ3v) is 2.61. The quantitative estimate of drug-likeness (QED) is 0.378. The number of nitrogens with one attached hydrogen (secondary N) is 2. The molecule has 0 unspecified atom stereocenters. The van der Waals surface area contributed by atoms with Crippen molar-refractivity contribution in [3.05, 3.63) is 21.9 Å². The van der Waals surface area contributed by atoms with Crippen molar-refractivity contribution in [1.82, 2.24) is 10.7 Å². The Labute approximate surface area is 80.9 Å².